The van der Waals surface area contributed by atoms with Gasteiger partial charge in [0.25, 0.3) is 0 Å². The van der Waals surface area contributed by atoms with Gasteiger partial charge in [-0.1, -0.05) is 49.4 Å². The van der Waals surface area contributed by atoms with Gasteiger partial charge < -0.3 is 9.88 Å². The summed E-state index contributed by atoms with van der Waals surface area (Å²) in [6.45, 7) is 2.12. The third-order valence-corrected chi connectivity index (χ3v) is 4.19. The summed E-state index contributed by atoms with van der Waals surface area (Å²) in [5.41, 5.74) is 3.24. The summed E-state index contributed by atoms with van der Waals surface area (Å²) in [4.78, 5) is 12.8. The summed E-state index contributed by atoms with van der Waals surface area (Å²) < 4.78 is 1.96. The van der Waals surface area contributed by atoms with Crippen LogP contribution >= 0.6 is 0 Å². The van der Waals surface area contributed by atoms with E-state index in [1.165, 1.54) is 5.56 Å². The molecule has 3 rings (SSSR count). The second-order valence-corrected chi connectivity index (χ2v) is 5.88. The number of aryl methyl sites for hydroxylation is 1. The SMILES string of the molecule is CCc1ccc(NC(=O)C(Cc2ccccc2)n2cccc2)cc1. The zero-order valence-corrected chi connectivity index (χ0v) is 13.9. The van der Waals surface area contributed by atoms with Crippen LogP contribution in [-0.4, -0.2) is 10.5 Å². The van der Waals surface area contributed by atoms with Gasteiger partial charge in [-0.2, -0.15) is 0 Å². The largest absolute Gasteiger partial charge is 0.342 e. The van der Waals surface area contributed by atoms with Crippen LogP contribution in [0.5, 0.6) is 0 Å². The predicted octanol–water partition coefficient (Wildman–Crippen LogP) is 4.47. The number of rotatable bonds is 6. The molecule has 0 saturated carbocycles. The van der Waals surface area contributed by atoms with Gasteiger partial charge in [-0.05, 0) is 41.8 Å². The number of carbonyl (C=O) groups is 1. The summed E-state index contributed by atoms with van der Waals surface area (Å²) in [7, 11) is 0. The lowest BCUT2D eigenvalue weighted by Crippen LogP contribution is -2.27. The molecule has 3 aromatic rings. The third-order valence-electron chi connectivity index (χ3n) is 4.19. The van der Waals surface area contributed by atoms with Crippen LogP contribution in [0, 0.1) is 0 Å². The van der Waals surface area contributed by atoms with Crippen molar-refractivity contribution in [2.24, 2.45) is 0 Å². The van der Waals surface area contributed by atoms with Gasteiger partial charge in [0, 0.05) is 24.5 Å². The highest BCUT2D eigenvalue weighted by Gasteiger charge is 2.20. The quantitative estimate of drug-likeness (QED) is 0.714. The van der Waals surface area contributed by atoms with Crippen LogP contribution in [0.2, 0.25) is 0 Å². The van der Waals surface area contributed by atoms with E-state index in [-0.39, 0.29) is 11.9 Å². The zero-order valence-electron chi connectivity index (χ0n) is 13.9. The fourth-order valence-electron chi connectivity index (χ4n) is 2.78. The van der Waals surface area contributed by atoms with Gasteiger partial charge in [0.1, 0.15) is 6.04 Å². The number of anilines is 1. The molecule has 2 aromatic carbocycles. The molecule has 24 heavy (non-hydrogen) atoms. The van der Waals surface area contributed by atoms with Crippen LogP contribution in [0.1, 0.15) is 24.1 Å². The number of aromatic nitrogens is 1. The first-order valence-electron chi connectivity index (χ1n) is 8.32. The van der Waals surface area contributed by atoms with Crippen molar-refractivity contribution in [2.75, 3.05) is 5.32 Å². The van der Waals surface area contributed by atoms with Crippen LogP contribution in [0.3, 0.4) is 0 Å². The molecule has 0 aliphatic rings. The molecule has 1 N–H and O–H groups in total. The molecule has 1 aromatic heterocycles. The molecular weight excluding hydrogens is 296 g/mol. The normalized spacial score (nSPS) is 11.9. The number of amides is 1. The van der Waals surface area contributed by atoms with Crippen LogP contribution in [0.4, 0.5) is 5.69 Å². The highest BCUT2D eigenvalue weighted by molar-refractivity contribution is 5.93. The van der Waals surface area contributed by atoms with Gasteiger partial charge in [0.2, 0.25) is 5.91 Å². The molecule has 1 heterocycles. The molecule has 3 nitrogen and oxygen atoms in total. The minimum absolute atomic E-state index is 0.000647. The maximum absolute atomic E-state index is 12.8. The van der Waals surface area contributed by atoms with E-state index in [0.29, 0.717) is 6.42 Å². The molecule has 0 radical (unpaired) electrons. The Kier molecular flexibility index (Phi) is 5.12. The molecule has 1 unspecified atom stereocenters. The Balaban J connectivity index is 1.78. The van der Waals surface area contributed by atoms with E-state index in [9.17, 15) is 4.79 Å². The molecule has 0 spiro atoms. The van der Waals surface area contributed by atoms with Crippen molar-refractivity contribution in [2.45, 2.75) is 25.8 Å². The monoisotopic (exact) mass is 318 g/mol. The summed E-state index contributed by atoms with van der Waals surface area (Å²) in [5.74, 6) is -0.000647. The van der Waals surface area contributed by atoms with Crippen molar-refractivity contribution in [1.29, 1.82) is 0 Å². The maximum atomic E-state index is 12.8. The van der Waals surface area contributed by atoms with Crippen molar-refractivity contribution in [3.05, 3.63) is 90.3 Å². The first kappa shape index (κ1) is 16.1. The second kappa shape index (κ2) is 7.64. The van der Waals surface area contributed by atoms with Gasteiger partial charge in [0.05, 0.1) is 0 Å². The highest BCUT2D eigenvalue weighted by atomic mass is 16.2. The zero-order chi connectivity index (χ0) is 16.8. The first-order valence-corrected chi connectivity index (χ1v) is 8.32. The minimum Gasteiger partial charge on any atom is -0.342 e. The van der Waals surface area contributed by atoms with Crippen LogP contribution in [0.25, 0.3) is 0 Å². The lowest BCUT2D eigenvalue weighted by Gasteiger charge is -2.19. The van der Waals surface area contributed by atoms with Crippen molar-refractivity contribution in [1.82, 2.24) is 4.57 Å². The summed E-state index contributed by atoms with van der Waals surface area (Å²) >= 11 is 0. The molecular formula is C21H22N2O. The topological polar surface area (TPSA) is 34.0 Å². The average molecular weight is 318 g/mol. The molecule has 1 atom stereocenters. The number of carbonyl (C=O) groups excluding carboxylic acids is 1. The Morgan fingerprint density at radius 1 is 0.917 bits per heavy atom. The molecule has 0 fully saturated rings. The van der Waals surface area contributed by atoms with Gasteiger partial charge in [-0.15, -0.1) is 0 Å². The molecule has 1 amide bonds. The number of benzene rings is 2. The second-order valence-electron chi connectivity index (χ2n) is 5.88. The summed E-state index contributed by atoms with van der Waals surface area (Å²) in [5, 5.41) is 3.04. The fraction of sp³-hybridized carbons (Fsp3) is 0.190. The Bertz CT molecular complexity index is 761. The number of hydrogen-bond acceptors (Lipinski definition) is 1. The van der Waals surface area contributed by atoms with E-state index >= 15 is 0 Å². The number of hydrogen-bond donors (Lipinski definition) is 1. The lowest BCUT2D eigenvalue weighted by atomic mass is 10.0. The van der Waals surface area contributed by atoms with Gasteiger partial charge in [-0.25, -0.2) is 0 Å². The van der Waals surface area contributed by atoms with Crippen molar-refractivity contribution < 1.29 is 4.79 Å². The van der Waals surface area contributed by atoms with E-state index in [0.717, 1.165) is 17.7 Å². The molecule has 0 bridgehead atoms. The van der Waals surface area contributed by atoms with Crippen molar-refractivity contribution in [3.63, 3.8) is 0 Å². The lowest BCUT2D eigenvalue weighted by molar-refractivity contribution is -0.119. The van der Waals surface area contributed by atoms with E-state index < -0.39 is 0 Å². The van der Waals surface area contributed by atoms with Crippen LogP contribution in [0.15, 0.2) is 79.1 Å². The van der Waals surface area contributed by atoms with Crippen LogP contribution in [-0.2, 0) is 17.6 Å². The Labute approximate surface area is 143 Å². The molecule has 0 aliphatic carbocycles. The van der Waals surface area contributed by atoms with E-state index in [2.05, 4.69) is 36.5 Å². The maximum Gasteiger partial charge on any atom is 0.247 e. The predicted molar refractivity (Wildman–Crippen MR) is 98.1 cm³/mol. The molecule has 0 saturated heterocycles. The van der Waals surface area contributed by atoms with E-state index in [4.69, 9.17) is 0 Å². The number of nitrogens with one attached hydrogen (secondary N) is 1. The smallest absolute Gasteiger partial charge is 0.247 e. The Morgan fingerprint density at radius 2 is 1.58 bits per heavy atom. The summed E-state index contributed by atoms with van der Waals surface area (Å²) in [6, 6.07) is 21.8. The Hall–Kier alpha value is -2.81. The van der Waals surface area contributed by atoms with E-state index in [1.54, 1.807) is 0 Å². The number of nitrogens with zero attached hydrogens (tertiary/aromatic N) is 1. The molecule has 3 heteroatoms. The Morgan fingerprint density at radius 3 is 2.21 bits per heavy atom. The first-order chi connectivity index (χ1) is 11.8. The fourth-order valence-corrected chi connectivity index (χ4v) is 2.78. The minimum atomic E-state index is -0.270. The van der Waals surface area contributed by atoms with E-state index in [1.807, 2.05) is 59.4 Å². The average Bonchev–Trinajstić information content (AvgIpc) is 3.15. The van der Waals surface area contributed by atoms with Crippen LogP contribution < -0.4 is 5.32 Å². The highest BCUT2D eigenvalue weighted by Crippen LogP contribution is 2.18. The standard InChI is InChI=1S/C21H22N2O/c1-2-17-10-12-19(13-11-17)22-21(24)20(23-14-6-7-15-23)16-18-8-4-3-5-9-18/h3-15,20H,2,16H2,1H3,(H,22,24). The van der Waals surface area contributed by atoms with Gasteiger partial charge in [-0.3, -0.25) is 4.79 Å². The van der Waals surface area contributed by atoms with Crippen molar-refractivity contribution in [3.8, 4) is 0 Å². The van der Waals surface area contributed by atoms with Gasteiger partial charge in [0.15, 0.2) is 0 Å². The molecule has 0 aliphatic heterocycles. The third kappa shape index (κ3) is 3.93. The van der Waals surface area contributed by atoms with Gasteiger partial charge >= 0.3 is 0 Å². The van der Waals surface area contributed by atoms with Crippen molar-refractivity contribution >= 4 is 11.6 Å². The summed E-state index contributed by atoms with van der Waals surface area (Å²) in [6.07, 6.45) is 5.53. The molecule has 122 valence electrons.